The van der Waals surface area contributed by atoms with Crippen LogP contribution in [0, 0.1) is 23.2 Å². The van der Waals surface area contributed by atoms with Crippen LogP contribution in [-0.4, -0.2) is 24.7 Å². The predicted molar refractivity (Wildman–Crippen MR) is 77.1 cm³/mol. The summed E-state index contributed by atoms with van der Waals surface area (Å²) in [6, 6.07) is 1.81. The molecule has 0 bridgehead atoms. The van der Waals surface area contributed by atoms with Gasteiger partial charge in [-0.15, -0.1) is 0 Å². The standard InChI is InChI=1S/C14H18N2O3.O2S/c1-14(2,13(17)15-18)8-7-11-9-12(19-16-11)6-5-10-3-4-10;1-3-2/h9-10,18H,3-4,7-8H2,1-2H3,(H,15,17);. The average Bonchev–Trinajstić information content (AvgIpc) is 3.21. The Kier molecular flexibility index (Phi) is 6.95. The summed E-state index contributed by atoms with van der Waals surface area (Å²) < 4.78 is 21.7. The van der Waals surface area contributed by atoms with Crippen molar-refractivity contribution in [2.45, 2.75) is 39.5 Å². The van der Waals surface area contributed by atoms with Crippen molar-refractivity contribution in [1.29, 1.82) is 0 Å². The van der Waals surface area contributed by atoms with Gasteiger partial charge in [0.25, 0.3) is 0 Å². The summed E-state index contributed by atoms with van der Waals surface area (Å²) in [6.45, 7) is 3.54. The van der Waals surface area contributed by atoms with Crippen LogP contribution in [0.15, 0.2) is 10.6 Å². The van der Waals surface area contributed by atoms with E-state index in [0.29, 0.717) is 24.5 Å². The lowest BCUT2D eigenvalue weighted by Gasteiger charge is -2.20. The molecule has 1 aromatic rings. The first-order valence-electron chi connectivity index (χ1n) is 6.76. The van der Waals surface area contributed by atoms with Gasteiger partial charge in [-0.3, -0.25) is 10.0 Å². The highest BCUT2D eigenvalue weighted by molar-refractivity contribution is 7.51. The maximum Gasteiger partial charge on any atom is 0.335 e. The van der Waals surface area contributed by atoms with Gasteiger partial charge in [-0.1, -0.05) is 24.9 Å². The van der Waals surface area contributed by atoms with Crippen LogP contribution in [0.25, 0.3) is 0 Å². The molecule has 120 valence electrons. The van der Waals surface area contributed by atoms with Crippen LogP contribution in [-0.2, 0) is 22.8 Å². The molecule has 1 aromatic heterocycles. The quantitative estimate of drug-likeness (QED) is 0.489. The van der Waals surface area contributed by atoms with Crippen LogP contribution < -0.4 is 5.48 Å². The molecule has 0 spiro atoms. The van der Waals surface area contributed by atoms with Crippen molar-refractivity contribution in [2.24, 2.45) is 11.3 Å². The highest BCUT2D eigenvalue weighted by Gasteiger charge is 2.27. The number of amides is 1. The largest absolute Gasteiger partial charge is 0.347 e. The lowest BCUT2D eigenvalue weighted by Crippen LogP contribution is -2.35. The topological polar surface area (TPSA) is 110 Å². The zero-order valence-electron chi connectivity index (χ0n) is 12.4. The Bertz CT molecular complexity index is 604. The minimum absolute atomic E-state index is 0.398. The molecule has 1 aliphatic rings. The molecule has 0 saturated heterocycles. The second kappa shape index (κ2) is 8.46. The molecular weight excluding hydrogens is 308 g/mol. The minimum Gasteiger partial charge on any atom is -0.347 e. The van der Waals surface area contributed by atoms with Crippen LogP contribution >= 0.6 is 0 Å². The number of carbonyl (C=O) groups excluding carboxylic acids is 1. The molecule has 1 heterocycles. The van der Waals surface area contributed by atoms with Gasteiger partial charge in [-0.05, 0) is 31.6 Å². The van der Waals surface area contributed by atoms with Crippen molar-refractivity contribution in [3.8, 4) is 11.8 Å². The van der Waals surface area contributed by atoms with Crippen molar-refractivity contribution >= 4 is 17.5 Å². The smallest absolute Gasteiger partial charge is 0.335 e. The van der Waals surface area contributed by atoms with Crippen molar-refractivity contribution < 1.29 is 22.9 Å². The second-order valence-electron chi connectivity index (χ2n) is 5.62. The summed E-state index contributed by atoms with van der Waals surface area (Å²) in [4.78, 5) is 11.4. The third-order valence-electron chi connectivity index (χ3n) is 3.26. The lowest BCUT2D eigenvalue weighted by molar-refractivity contribution is -0.138. The van der Waals surface area contributed by atoms with E-state index in [4.69, 9.17) is 18.1 Å². The summed E-state index contributed by atoms with van der Waals surface area (Å²) in [7, 11) is 0. The first-order valence-corrected chi connectivity index (χ1v) is 7.43. The van der Waals surface area contributed by atoms with Gasteiger partial charge in [0.2, 0.25) is 11.7 Å². The van der Waals surface area contributed by atoms with Crippen LogP contribution in [0.2, 0.25) is 0 Å². The third-order valence-corrected chi connectivity index (χ3v) is 3.26. The number of hydrogen-bond acceptors (Lipinski definition) is 6. The molecule has 0 atom stereocenters. The summed E-state index contributed by atoms with van der Waals surface area (Å²) >= 11 is -0.750. The van der Waals surface area contributed by atoms with Crippen molar-refractivity contribution in [1.82, 2.24) is 10.6 Å². The maximum absolute atomic E-state index is 11.4. The normalized spacial score (nSPS) is 13.2. The van der Waals surface area contributed by atoms with E-state index in [9.17, 15) is 4.79 Å². The highest BCUT2D eigenvalue weighted by atomic mass is 32.1. The van der Waals surface area contributed by atoms with Gasteiger partial charge in [0.1, 0.15) is 0 Å². The summed E-state index contributed by atoms with van der Waals surface area (Å²) in [5, 5.41) is 12.6. The Balaban J connectivity index is 0.000000745. The van der Waals surface area contributed by atoms with Gasteiger partial charge < -0.3 is 4.52 Å². The van der Waals surface area contributed by atoms with E-state index >= 15 is 0 Å². The molecule has 1 saturated carbocycles. The number of hydroxylamine groups is 1. The van der Waals surface area contributed by atoms with Crippen LogP contribution in [0.4, 0.5) is 0 Å². The SMILES string of the molecule is CC(C)(CCc1cc(C#CC2CC2)on1)C(=O)NO.O=S=O. The van der Waals surface area contributed by atoms with E-state index in [2.05, 4.69) is 17.0 Å². The Labute approximate surface area is 132 Å². The number of hydrogen-bond donors (Lipinski definition) is 2. The Hall–Kier alpha value is -1.98. The van der Waals surface area contributed by atoms with Gasteiger partial charge in [0.05, 0.1) is 5.69 Å². The molecule has 1 fully saturated rings. The average molecular weight is 326 g/mol. The minimum atomic E-state index is -0.750. The van der Waals surface area contributed by atoms with Gasteiger partial charge in [0, 0.05) is 17.4 Å². The summed E-state index contributed by atoms with van der Waals surface area (Å²) in [5.41, 5.74) is 1.81. The summed E-state index contributed by atoms with van der Waals surface area (Å²) in [6.07, 6.45) is 3.54. The molecule has 1 aliphatic carbocycles. The molecular formula is C14H18N2O5S. The molecule has 0 aromatic carbocycles. The first kappa shape index (κ1) is 18.1. The number of aryl methyl sites for hydroxylation is 1. The molecule has 22 heavy (non-hydrogen) atoms. The Morgan fingerprint density at radius 1 is 1.55 bits per heavy atom. The molecule has 8 heteroatoms. The fourth-order valence-corrected chi connectivity index (χ4v) is 1.59. The molecule has 2 rings (SSSR count). The summed E-state index contributed by atoms with van der Waals surface area (Å²) in [5.74, 6) is 6.77. The van der Waals surface area contributed by atoms with E-state index in [-0.39, 0.29) is 0 Å². The fraction of sp³-hybridized carbons (Fsp3) is 0.571. The number of aromatic nitrogens is 1. The molecule has 0 radical (unpaired) electrons. The van der Waals surface area contributed by atoms with Crippen LogP contribution in [0.1, 0.15) is 44.6 Å². The monoisotopic (exact) mass is 326 g/mol. The lowest BCUT2D eigenvalue weighted by atomic mass is 9.86. The molecule has 7 nitrogen and oxygen atoms in total. The van der Waals surface area contributed by atoms with Crippen LogP contribution in [0.5, 0.6) is 0 Å². The van der Waals surface area contributed by atoms with Crippen molar-refractivity contribution in [2.75, 3.05) is 0 Å². The van der Waals surface area contributed by atoms with Gasteiger partial charge >= 0.3 is 11.6 Å². The molecule has 2 N–H and O–H groups in total. The zero-order valence-corrected chi connectivity index (χ0v) is 13.2. The number of carbonyl (C=O) groups is 1. The number of nitrogens with one attached hydrogen (secondary N) is 1. The van der Waals surface area contributed by atoms with E-state index in [1.54, 1.807) is 19.3 Å². The third kappa shape index (κ3) is 6.20. The Morgan fingerprint density at radius 3 is 2.73 bits per heavy atom. The zero-order chi connectivity index (χ0) is 16.6. The Morgan fingerprint density at radius 2 is 2.18 bits per heavy atom. The number of rotatable bonds is 4. The van der Waals surface area contributed by atoms with E-state index in [1.807, 2.05) is 6.07 Å². The van der Waals surface area contributed by atoms with Gasteiger partial charge in [-0.2, -0.15) is 8.42 Å². The molecule has 0 aliphatic heterocycles. The maximum atomic E-state index is 11.4. The first-order chi connectivity index (χ1) is 10.4. The van der Waals surface area contributed by atoms with Crippen molar-refractivity contribution in [3.05, 3.63) is 17.5 Å². The molecule has 1 amide bonds. The van der Waals surface area contributed by atoms with E-state index < -0.39 is 22.9 Å². The van der Waals surface area contributed by atoms with E-state index in [1.165, 1.54) is 12.8 Å². The fourth-order valence-electron chi connectivity index (χ4n) is 1.59. The van der Waals surface area contributed by atoms with Gasteiger partial charge in [-0.25, -0.2) is 5.48 Å². The van der Waals surface area contributed by atoms with E-state index in [0.717, 1.165) is 5.69 Å². The number of nitrogens with zero attached hydrogens (tertiary/aromatic N) is 1. The predicted octanol–water partition coefficient (Wildman–Crippen LogP) is 1.23. The van der Waals surface area contributed by atoms with Crippen LogP contribution in [0.3, 0.4) is 0 Å². The van der Waals surface area contributed by atoms with Gasteiger partial charge in [0.15, 0.2) is 0 Å². The molecule has 0 unspecified atom stereocenters. The second-order valence-corrected chi connectivity index (χ2v) is 5.76. The van der Waals surface area contributed by atoms with Crippen molar-refractivity contribution in [3.63, 3.8) is 0 Å². The highest BCUT2D eigenvalue weighted by Crippen LogP contribution is 2.27.